The van der Waals surface area contributed by atoms with Crippen LogP contribution in [0.25, 0.3) is 6.08 Å². The highest BCUT2D eigenvalue weighted by molar-refractivity contribution is 9.09. The molecular formula is C10H10BrCl. The van der Waals surface area contributed by atoms with Crippen molar-refractivity contribution in [2.24, 2.45) is 0 Å². The molecule has 0 aliphatic heterocycles. The van der Waals surface area contributed by atoms with Crippen LogP contribution < -0.4 is 0 Å². The van der Waals surface area contributed by atoms with Crippen molar-refractivity contribution in [1.29, 1.82) is 0 Å². The fourth-order valence-corrected chi connectivity index (χ4v) is 1.26. The number of hydrogen-bond acceptors (Lipinski definition) is 0. The second kappa shape index (κ2) is 4.68. The van der Waals surface area contributed by atoms with E-state index in [9.17, 15) is 0 Å². The van der Waals surface area contributed by atoms with Gasteiger partial charge in [0.15, 0.2) is 0 Å². The Morgan fingerprint density at radius 2 is 2.25 bits per heavy atom. The van der Waals surface area contributed by atoms with Gasteiger partial charge in [-0.2, -0.15) is 0 Å². The van der Waals surface area contributed by atoms with Crippen LogP contribution in [0, 0.1) is 6.92 Å². The SMILES string of the molecule is Cc1cc(C=CCBr)ccc1Cl. The number of rotatable bonds is 2. The molecule has 0 heterocycles. The summed E-state index contributed by atoms with van der Waals surface area (Å²) in [7, 11) is 0. The van der Waals surface area contributed by atoms with Gasteiger partial charge in [0.1, 0.15) is 0 Å². The summed E-state index contributed by atoms with van der Waals surface area (Å²) in [6, 6.07) is 6.00. The molecule has 0 nitrogen and oxygen atoms in total. The van der Waals surface area contributed by atoms with Gasteiger partial charge in [0.25, 0.3) is 0 Å². The molecule has 0 saturated heterocycles. The number of hydrogen-bond donors (Lipinski definition) is 0. The zero-order valence-electron chi connectivity index (χ0n) is 6.85. The number of alkyl halides is 1. The molecule has 0 saturated carbocycles. The predicted molar refractivity (Wildman–Crippen MR) is 59.0 cm³/mol. The van der Waals surface area contributed by atoms with Crippen LogP contribution in [-0.2, 0) is 0 Å². The minimum absolute atomic E-state index is 0.825. The Bertz CT molecular complexity index is 292. The molecule has 1 aromatic carbocycles. The van der Waals surface area contributed by atoms with E-state index in [1.54, 1.807) is 0 Å². The normalized spacial score (nSPS) is 10.9. The van der Waals surface area contributed by atoms with Crippen molar-refractivity contribution in [1.82, 2.24) is 0 Å². The average molecular weight is 246 g/mol. The highest BCUT2D eigenvalue weighted by Crippen LogP contribution is 2.16. The maximum absolute atomic E-state index is 5.88. The monoisotopic (exact) mass is 244 g/mol. The molecule has 2 heteroatoms. The van der Waals surface area contributed by atoms with E-state index < -0.39 is 0 Å². The largest absolute Gasteiger partial charge is 0.0883 e. The fraction of sp³-hybridized carbons (Fsp3) is 0.200. The fourth-order valence-electron chi connectivity index (χ4n) is 0.952. The highest BCUT2D eigenvalue weighted by atomic mass is 79.9. The summed E-state index contributed by atoms with van der Waals surface area (Å²) in [6.45, 7) is 2.01. The van der Waals surface area contributed by atoms with Gasteiger partial charge in [0.05, 0.1) is 0 Å². The van der Waals surface area contributed by atoms with Gasteiger partial charge in [-0.25, -0.2) is 0 Å². The minimum Gasteiger partial charge on any atom is -0.0883 e. The van der Waals surface area contributed by atoms with Gasteiger partial charge in [-0.05, 0) is 24.1 Å². The molecule has 0 aliphatic carbocycles. The van der Waals surface area contributed by atoms with Crippen LogP contribution in [0.15, 0.2) is 24.3 Å². The molecule has 1 rings (SSSR count). The van der Waals surface area contributed by atoms with E-state index in [-0.39, 0.29) is 0 Å². The lowest BCUT2D eigenvalue weighted by Gasteiger charge is -1.98. The Kier molecular flexibility index (Phi) is 3.83. The summed E-state index contributed by atoms with van der Waals surface area (Å²) < 4.78 is 0. The number of aryl methyl sites for hydroxylation is 1. The molecule has 12 heavy (non-hydrogen) atoms. The van der Waals surface area contributed by atoms with E-state index in [2.05, 4.69) is 34.1 Å². The molecule has 0 bridgehead atoms. The van der Waals surface area contributed by atoms with E-state index in [0.29, 0.717) is 0 Å². The molecule has 64 valence electrons. The van der Waals surface area contributed by atoms with Crippen molar-refractivity contribution in [3.8, 4) is 0 Å². The van der Waals surface area contributed by atoms with Gasteiger partial charge >= 0.3 is 0 Å². The topological polar surface area (TPSA) is 0 Å². The number of benzene rings is 1. The molecule has 0 aliphatic rings. The Morgan fingerprint density at radius 1 is 1.50 bits per heavy atom. The van der Waals surface area contributed by atoms with Crippen molar-refractivity contribution in [3.63, 3.8) is 0 Å². The first-order valence-corrected chi connectivity index (χ1v) is 5.22. The third-order valence-corrected chi connectivity index (χ3v) is 2.38. The molecule has 1 aromatic rings. The summed E-state index contributed by atoms with van der Waals surface area (Å²) in [4.78, 5) is 0. The van der Waals surface area contributed by atoms with Gasteiger partial charge in [0, 0.05) is 10.4 Å². The van der Waals surface area contributed by atoms with Crippen LogP contribution in [0.4, 0.5) is 0 Å². The van der Waals surface area contributed by atoms with Crippen molar-refractivity contribution in [3.05, 3.63) is 40.4 Å². The van der Waals surface area contributed by atoms with Crippen LogP contribution in [-0.4, -0.2) is 5.33 Å². The van der Waals surface area contributed by atoms with Gasteiger partial charge in [0.2, 0.25) is 0 Å². The van der Waals surface area contributed by atoms with E-state index in [1.165, 1.54) is 5.56 Å². The molecule has 0 aromatic heterocycles. The number of halogens is 2. The highest BCUT2D eigenvalue weighted by Gasteiger charge is 1.93. The van der Waals surface area contributed by atoms with Gasteiger partial charge < -0.3 is 0 Å². The van der Waals surface area contributed by atoms with Gasteiger partial charge in [-0.1, -0.05) is 51.8 Å². The lowest BCUT2D eigenvalue weighted by atomic mass is 10.1. The van der Waals surface area contributed by atoms with E-state index in [1.807, 2.05) is 19.1 Å². The van der Waals surface area contributed by atoms with Gasteiger partial charge in [-0.3, -0.25) is 0 Å². The quantitative estimate of drug-likeness (QED) is 0.690. The second-order valence-electron chi connectivity index (χ2n) is 2.57. The molecule has 0 N–H and O–H groups in total. The lowest BCUT2D eigenvalue weighted by molar-refractivity contribution is 1.46. The van der Waals surface area contributed by atoms with E-state index >= 15 is 0 Å². The third-order valence-electron chi connectivity index (χ3n) is 1.58. The minimum atomic E-state index is 0.825. The summed E-state index contributed by atoms with van der Waals surface area (Å²) in [6.07, 6.45) is 4.13. The molecule has 0 fully saturated rings. The Labute approximate surface area is 86.4 Å². The summed E-state index contributed by atoms with van der Waals surface area (Å²) in [5.74, 6) is 0. The van der Waals surface area contributed by atoms with Crippen LogP contribution in [0.5, 0.6) is 0 Å². The Balaban J connectivity index is 2.89. The maximum atomic E-state index is 5.88. The molecule has 0 spiro atoms. The smallest absolute Gasteiger partial charge is 0.0435 e. The molecule has 0 amide bonds. The molecule has 0 unspecified atom stereocenters. The van der Waals surface area contributed by atoms with Crippen LogP contribution in [0.3, 0.4) is 0 Å². The summed E-state index contributed by atoms with van der Waals surface area (Å²) >= 11 is 9.21. The van der Waals surface area contributed by atoms with Gasteiger partial charge in [-0.15, -0.1) is 0 Å². The molecule has 0 atom stereocenters. The predicted octanol–water partition coefficient (Wildman–Crippen LogP) is 4.06. The molecular weight excluding hydrogens is 235 g/mol. The number of allylic oxidation sites excluding steroid dienone is 1. The lowest BCUT2D eigenvalue weighted by Crippen LogP contribution is -1.77. The first-order chi connectivity index (χ1) is 5.74. The summed E-state index contributed by atoms with van der Waals surface area (Å²) in [5.41, 5.74) is 2.31. The van der Waals surface area contributed by atoms with Crippen molar-refractivity contribution in [2.45, 2.75) is 6.92 Å². The first-order valence-electron chi connectivity index (χ1n) is 3.72. The van der Waals surface area contributed by atoms with Crippen LogP contribution >= 0.6 is 27.5 Å². The van der Waals surface area contributed by atoms with Crippen LogP contribution in [0.1, 0.15) is 11.1 Å². The zero-order chi connectivity index (χ0) is 8.97. The maximum Gasteiger partial charge on any atom is 0.0435 e. The van der Waals surface area contributed by atoms with E-state index in [0.717, 1.165) is 15.9 Å². The summed E-state index contributed by atoms with van der Waals surface area (Å²) in [5, 5.41) is 1.71. The van der Waals surface area contributed by atoms with Crippen LogP contribution in [0.2, 0.25) is 5.02 Å². The van der Waals surface area contributed by atoms with Crippen molar-refractivity contribution in [2.75, 3.05) is 5.33 Å². The second-order valence-corrected chi connectivity index (χ2v) is 3.62. The zero-order valence-corrected chi connectivity index (χ0v) is 9.19. The average Bonchev–Trinajstić information content (AvgIpc) is 2.07. The third kappa shape index (κ3) is 2.65. The van der Waals surface area contributed by atoms with Crippen molar-refractivity contribution < 1.29 is 0 Å². The standard InChI is InChI=1S/C10H10BrCl/c1-8-7-9(3-2-6-11)4-5-10(8)12/h2-5,7H,6H2,1H3. The Morgan fingerprint density at radius 3 is 2.83 bits per heavy atom. The van der Waals surface area contributed by atoms with E-state index in [4.69, 9.17) is 11.6 Å². The Hall–Kier alpha value is -0.270. The van der Waals surface area contributed by atoms with Crippen molar-refractivity contribution >= 4 is 33.6 Å². The molecule has 0 radical (unpaired) electrons. The first kappa shape index (κ1) is 9.82.